The van der Waals surface area contributed by atoms with Crippen molar-refractivity contribution >= 4 is 23.3 Å². The van der Waals surface area contributed by atoms with Gasteiger partial charge in [-0.2, -0.15) is 0 Å². The Morgan fingerprint density at radius 1 is 0.977 bits per heavy atom. The maximum atomic E-state index is 15.0. The summed E-state index contributed by atoms with van der Waals surface area (Å²) in [6.45, 7) is 3.09. The smallest absolute Gasteiger partial charge is 0.313 e. The minimum atomic E-state index is -0.968. The van der Waals surface area contributed by atoms with Crippen LogP contribution in [0, 0.1) is 17.6 Å². The lowest BCUT2D eigenvalue weighted by Crippen LogP contribution is -2.36. The van der Waals surface area contributed by atoms with Crippen LogP contribution < -0.4 is 40.7 Å². The van der Waals surface area contributed by atoms with E-state index in [4.69, 9.17) is 14.2 Å². The largest absolute Gasteiger partial charge is 0.493 e. The maximum absolute atomic E-state index is 15.0. The molecular formula is C32H34F2N4O5. The van der Waals surface area contributed by atoms with Crippen molar-refractivity contribution in [3.05, 3.63) is 82.4 Å². The fraction of sp³-hybridized carbons (Fsp3) is 0.344. The number of nitrogens with one attached hydrogen (secondary N) is 3. The van der Waals surface area contributed by atoms with Crippen LogP contribution in [0.25, 0.3) is 5.76 Å². The third-order valence-corrected chi connectivity index (χ3v) is 7.40. The van der Waals surface area contributed by atoms with E-state index in [9.17, 15) is 14.0 Å². The molecule has 3 aromatic rings. The molecule has 43 heavy (non-hydrogen) atoms. The molecule has 1 saturated heterocycles. The molecule has 0 spiro atoms. The van der Waals surface area contributed by atoms with Crippen LogP contribution in [-0.2, 0) is 16.0 Å². The van der Waals surface area contributed by atoms with Gasteiger partial charge in [-0.25, -0.2) is 8.78 Å². The number of anilines is 1. The van der Waals surface area contributed by atoms with Crippen molar-refractivity contribution in [2.45, 2.75) is 25.7 Å². The van der Waals surface area contributed by atoms with Crippen molar-refractivity contribution < 1.29 is 32.6 Å². The molecule has 0 bridgehead atoms. The quantitative estimate of drug-likeness (QED) is 0.313. The number of amides is 2. The molecule has 9 nitrogen and oxygen atoms in total. The van der Waals surface area contributed by atoms with E-state index in [0.717, 1.165) is 32.0 Å². The van der Waals surface area contributed by atoms with Gasteiger partial charge in [-0.1, -0.05) is 18.2 Å². The number of methoxy groups -OCH3 is 1. The summed E-state index contributed by atoms with van der Waals surface area (Å²) in [6.07, 6.45) is 2.79. The molecule has 2 heterocycles. The van der Waals surface area contributed by atoms with E-state index in [1.54, 1.807) is 31.4 Å². The Balaban J connectivity index is 1.23. The fourth-order valence-corrected chi connectivity index (χ4v) is 5.02. The van der Waals surface area contributed by atoms with Crippen molar-refractivity contribution in [1.29, 1.82) is 0 Å². The molecule has 2 amide bonds. The highest BCUT2D eigenvalue weighted by Crippen LogP contribution is 2.27. The molecule has 11 heteroatoms. The van der Waals surface area contributed by atoms with E-state index in [0.29, 0.717) is 58.9 Å². The van der Waals surface area contributed by atoms with Crippen LogP contribution in [0.4, 0.5) is 14.5 Å². The number of hydrogen-bond acceptors (Lipinski definition) is 7. The number of benzene rings is 3. The SMILES string of the molecule is COc1cc2c(cc1OCC1CCNCC1)=NCCC=2Oc1ccc(NC(=O)C(=O)NCCc2ccccc2F)cc1F. The van der Waals surface area contributed by atoms with Gasteiger partial charge in [0, 0.05) is 42.5 Å². The number of hydrogen-bond donors (Lipinski definition) is 3. The molecule has 0 unspecified atom stereocenters. The van der Waals surface area contributed by atoms with Crippen molar-refractivity contribution in [2.75, 3.05) is 45.2 Å². The van der Waals surface area contributed by atoms with E-state index in [-0.39, 0.29) is 30.2 Å². The summed E-state index contributed by atoms with van der Waals surface area (Å²) in [4.78, 5) is 29.1. The summed E-state index contributed by atoms with van der Waals surface area (Å²) in [6, 6.07) is 13.7. The van der Waals surface area contributed by atoms with Gasteiger partial charge in [0.05, 0.1) is 19.1 Å². The minimum Gasteiger partial charge on any atom is -0.493 e. The van der Waals surface area contributed by atoms with Crippen LogP contribution in [0.1, 0.15) is 24.8 Å². The number of carbonyl (C=O) groups is 2. The maximum Gasteiger partial charge on any atom is 0.313 e. The van der Waals surface area contributed by atoms with Crippen molar-refractivity contribution in [3.8, 4) is 17.2 Å². The molecule has 0 aliphatic carbocycles. The van der Waals surface area contributed by atoms with Crippen LogP contribution in [0.3, 0.4) is 0 Å². The molecule has 0 atom stereocenters. The van der Waals surface area contributed by atoms with Crippen molar-refractivity contribution in [1.82, 2.24) is 10.6 Å². The fourth-order valence-electron chi connectivity index (χ4n) is 5.02. The van der Waals surface area contributed by atoms with Crippen LogP contribution in [0.5, 0.6) is 17.2 Å². The molecule has 226 valence electrons. The first-order chi connectivity index (χ1) is 20.9. The highest BCUT2D eigenvalue weighted by Gasteiger charge is 2.19. The molecule has 1 fully saturated rings. The minimum absolute atomic E-state index is 0.0413. The second-order valence-corrected chi connectivity index (χ2v) is 10.4. The van der Waals surface area contributed by atoms with Gasteiger partial charge in [-0.05, 0) is 68.1 Å². The lowest BCUT2D eigenvalue weighted by atomic mass is 9.99. The monoisotopic (exact) mass is 592 g/mol. The Hall–Kier alpha value is -4.51. The Kier molecular flexibility index (Phi) is 9.83. The summed E-state index contributed by atoms with van der Waals surface area (Å²) < 4.78 is 46.5. The van der Waals surface area contributed by atoms with Crippen LogP contribution in [0.15, 0.2) is 59.6 Å². The zero-order valence-corrected chi connectivity index (χ0v) is 23.9. The van der Waals surface area contributed by atoms with Gasteiger partial charge in [0.1, 0.15) is 11.6 Å². The average Bonchev–Trinajstić information content (AvgIpc) is 3.02. The third kappa shape index (κ3) is 7.66. The van der Waals surface area contributed by atoms with E-state index >= 15 is 4.39 Å². The third-order valence-electron chi connectivity index (χ3n) is 7.40. The number of halogens is 2. The van der Waals surface area contributed by atoms with Gasteiger partial charge in [0.15, 0.2) is 23.1 Å². The molecule has 2 aliphatic heterocycles. The predicted octanol–water partition coefficient (Wildman–Crippen LogP) is 2.86. The molecular weight excluding hydrogens is 558 g/mol. The molecule has 3 N–H and O–H groups in total. The van der Waals surface area contributed by atoms with Crippen LogP contribution in [-0.4, -0.2) is 51.7 Å². The average molecular weight is 593 g/mol. The first-order valence-corrected chi connectivity index (χ1v) is 14.3. The van der Waals surface area contributed by atoms with E-state index < -0.39 is 17.6 Å². The molecule has 3 aromatic carbocycles. The predicted molar refractivity (Wildman–Crippen MR) is 157 cm³/mol. The second kappa shape index (κ2) is 14.1. The van der Waals surface area contributed by atoms with E-state index in [1.165, 1.54) is 18.2 Å². The molecule has 0 saturated carbocycles. The van der Waals surface area contributed by atoms with Crippen LogP contribution in [0.2, 0.25) is 0 Å². The highest BCUT2D eigenvalue weighted by atomic mass is 19.1. The van der Waals surface area contributed by atoms with Crippen molar-refractivity contribution in [3.63, 3.8) is 0 Å². The Labute approximate surface area is 247 Å². The molecule has 2 aliphatic rings. The molecule has 5 rings (SSSR count). The number of fused-ring (bicyclic) bond motifs is 1. The first kappa shape index (κ1) is 30.0. The Bertz CT molecular complexity index is 1610. The van der Waals surface area contributed by atoms with Gasteiger partial charge in [0.2, 0.25) is 0 Å². The summed E-state index contributed by atoms with van der Waals surface area (Å²) in [5, 5.41) is 9.51. The molecule has 0 radical (unpaired) electrons. The standard InChI is InChI=1S/C32H34F2N4O5/c1-41-29-17-23-26(18-30(29)42-19-20-8-12-35-13-9-20)36-15-11-27(23)43-28-7-6-22(16-25(28)34)38-32(40)31(39)37-14-10-21-4-2-3-5-24(21)33/h2-7,16-18,20,35H,8-15,19H2,1H3,(H,37,39)(H,38,40). The number of nitrogens with zero attached hydrogens (tertiary/aromatic N) is 1. The normalized spacial score (nSPS) is 14.7. The number of ether oxygens (including phenoxy) is 3. The topological polar surface area (TPSA) is 110 Å². The van der Waals surface area contributed by atoms with Gasteiger partial charge >= 0.3 is 11.8 Å². The van der Waals surface area contributed by atoms with Crippen LogP contribution >= 0.6 is 0 Å². The lowest BCUT2D eigenvalue weighted by Gasteiger charge is -2.23. The summed E-state index contributed by atoms with van der Waals surface area (Å²) in [5.74, 6) is -0.887. The van der Waals surface area contributed by atoms with E-state index in [1.807, 2.05) is 6.07 Å². The van der Waals surface area contributed by atoms with Gasteiger partial charge in [-0.15, -0.1) is 0 Å². The summed E-state index contributed by atoms with van der Waals surface area (Å²) >= 11 is 0. The number of piperidine rings is 1. The summed E-state index contributed by atoms with van der Waals surface area (Å²) in [5.41, 5.74) is 0.508. The zero-order chi connectivity index (χ0) is 30.2. The Morgan fingerprint density at radius 2 is 1.79 bits per heavy atom. The number of rotatable bonds is 10. The first-order valence-electron chi connectivity index (χ1n) is 14.3. The van der Waals surface area contributed by atoms with Gasteiger partial charge in [-0.3, -0.25) is 14.6 Å². The highest BCUT2D eigenvalue weighted by molar-refractivity contribution is 6.39. The van der Waals surface area contributed by atoms with Gasteiger partial charge < -0.3 is 30.2 Å². The molecule has 0 aromatic heterocycles. The second-order valence-electron chi connectivity index (χ2n) is 10.4. The summed E-state index contributed by atoms with van der Waals surface area (Å²) in [7, 11) is 1.57. The number of carbonyl (C=O) groups excluding carboxylic acids is 2. The Morgan fingerprint density at radius 3 is 2.56 bits per heavy atom. The van der Waals surface area contributed by atoms with Crippen molar-refractivity contribution in [2.24, 2.45) is 10.9 Å². The zero-order valence-electron chi connectivity index (χ0n) is 23.9. The van der Waals surface area contributed by atoms with Gasteiger partial charge in [0.25, 0.3) is 0 Å². The van der Waals surface area contributed by atoms with E-state index in [2.05, 4.69) is 20.9 Å². The lowest BCUT2D eigenvalue weighted by molar-refractivity contribution is -0.136.